The van der Waals surface area contributed by atoms with Crippen LogP contribution in [0.2, 0.25) is 0 Å². The summed E-state index contributed by atoms with van der Waals surface area (Å²) in [5.41, 5.74) is 8.71. The van der Waals surface area contributed by atoms with Crippen molar-refractivity contribution in [3.63, 3.8) is 0 Å². The molecule has 5 rings (SSSR count). The van der Waals surface area contributed by atoms with E-state index in [2.05, 4.69) is 118 Å². The molecule has 0 N–H and O–H groups in total. The van der Waals surface area contributed by atoms with E-state index in [9.17, 15) is 0 Å². The number of nitrogens with zero attached hydrogens (tertiary/aromatic N) is 4. The fourth-order valence-corrected chi connectivity index (χ4v) is 5.28. The van der Waals surface area contributed by atoms with Crippen molar-refractivity contribution in [3.8, 4) is 0 Å². The van der Waals surface area contributed by atoms with E-state index in [1.807, 2.05) is 0 Å². The van der Waals surface area contributed by atoms with Gasteiger partial charge in [0.15, 0.2) is 0 Å². The van der Waals surface area contributed by atoms with Gasteiger partial charge in [-0.2, -0.15) is 0 Å². The maximum atomic E-state index is 5.30. The van der Waals surface area contributed by atoms with E-state index in [4.69, 9.17) is 15.0 Å². The summed E-state index contributed by atoms with van der Waals surface area (Å²) in [7, 11) is 0. The van der Waals surface area contributed by atoms with E-state index < -0.39 is 0 Å². The van der Waals surface area contributed by atoms with E-state index in [1.54, 1.807) is 0 Å². The van der Waals surface area contributed by atoms with Crippen LogP contribution in [-0.2, 0) is 12.8 Å². The highest BCUT2D eigenvalue weighted by Gasteiger charge is 2.31. The molecule has 1 aliphatic heterocycles. The third kappa shape index (κ3) is 5.00. The van der Waals surface area contributed by atoms with Crippen molar-refractivity contribution in [2.24, 2.45) is 15.9 Å². The summed E-state index contributed by atoms with van der Waals surface area (Å²) < 4.78 is 0. The third-order valence-electron chi connectivity index (χ3n) is 7.86. The van der Waals surface area contributed by atoms with Gasteiger partial charge in [-0.25, -0.2) is 4.98 Å². The Balaban J connectivity index is 1.62. The molecule has 1 aromatic heterocycles. The minimum atomic E-state index is 0.259. The van der Waals surface area contributed by atoms with Gasteiger partial charge in [-0.1, -0.05) is 88.7 Å². The average molecular weight is 503 g/mol. The van der Waals surface area contributed by atoms with Gasteiger partial charge in [-0.05, 0) is 61.1 Å². The fraction of sp³-hybridized carbons (Fsp3) is 0.324. The molecular formula is C34H38N4. The van der Waals surface area contributed by atoms with Crippen LogP contribution >= 0.6 is 0 Å². The molecule has 0 saturated carbocycles. The van der Waals surface area contributed by atoms with Gasteiger partial charge in [0, 0.05) is 23.2 Å². The molecular weight excluding hydrogens is 464 g/mol. The van der Waals surface area contributed by atoms with Gasteiger partial charge in [-0.3, -0.25) is 9.98 Å². The lowest BCUT2D eigenvalue weighted by Crippen LogP contribution is -2.31. The van der Waals surface area contributed by atoms with Crippen LogP contribution in [0, 0.1) is 5.92 Å². The SMILES string of the molecule is CCc1cccc(CC)c1/N=C(\C)c1ccc2cccc(C3=N[C@@H]([C@@H](C)CC)CN3c3ccccc3)c2n1. The number of benzene rings is 3. The number of hydrogen-bond donors (Lipinski definition) is 0. The summed E-state index contributed by atoms with van der Waals surface area (Å²) in [5.74, 6) is 1.52. The maximum Gasteiger partial charge on any atom is 0.138 e. The topological polar surface area (TPSA) is 40.9 Å². The zero-order valence-electron chi connectivity index (χ0n) is 23.3. The van der Waals surface area contributed by atoms with Crippen LogP contribution in [0.1, 0.15) is 63.4 Å². The van der Waals surface area contributed by atoms with Crippen molar-refractivity contribution in [2.75, 3.05) is 11.4 Å². The normalized spacial score (nSPS) is 16.7. The molecule has 0 unspecified atom stereocenters. The van der Waals surface area contributed by atoms with Gasteiger partial charge < -0.3 is 4.90 Å². The van der Waals surface area contributed by atoms with Gasteiger partial charge in [0.1, 0.15) is 5.84 Å². The molecule has 0 radical (unpaired) electrons. The lowest BCUT2D eigenvalue weighted by Gasteiger charge is -2.23. The summed E-state index contributed by atoms with van der Waals surface area (Å²) in [6, 6.07) is 28.1. The number of anilines is 1. The van der Waals surface area contributed by atoms with Crippen molar-refractivity contribution >= 4 is 33.8 Å². The van der Waals surface area contributed by atoms with Gasteiger partial charge in [0.2, 0.25) is 0 Å². The monoisotopic (exact) mass is 502 g/mol. The first-order chi connectivity index (χ1) is 18.5. The minimum absolute atomic E-state index is 0.259. The number of rotatable bonds is 8. The van der Waals surface area contributed by atoms with Crippen LogP contribution in [0.25, 0.3) is 10.9 Å². The van der Waals surface area contributed by atoms with Crippen molar-refractivity contribution in [2.45, 2.75) is 59.9 Å². The predicted molar refractivity (Wildman–Crippen MR) is 162 cm³/mol. The quantitative estimate of drug-likeness (QED) is 0.228. The number of pyridine rings is 1. The number of aromatic nitrogens is 1. The second kappa shape index (κ2) is 11.3. The smallest absolute Gasteiger partial charge is 0.138 e. The first-order valence-corrected chi connectivity index (χ1v) is 14.0. The number of amidine groups is 1. The summed E-state index contributed by atoms with van der Waals surface area (Å²) in [6.07, 6.45) is 3.03. The van der Waals surface area contributed by atoms with Crippen molar-refractivity contribution < 1.29 is 0 Å². The highest BCUT2D eigenvalue weighted by molar-refractivity contribution is 6.17. The Labute approximate surface area is 227 Å². The van der Waals surface area contributed by atoms with E-state index in [0.29, 0.717) is 5.92 Å². The zero-order chi connectivity index (χ0) is 26.6. The molecule has 1 aliphatic rings. The first-order valence-electron chi connectivity index (χ1n) is 14.0. The van der Waals surface area contributed by atoms with E-state index in [0.717, 1.165) is 65.2 Å². The van der Waals surface area contributed by atoms with Crippen LogP contribution in [-0.4, -0.2) is 29.1 Å². The lowest BCUT2D eigenvalue weighted by molar-refractivity contribution is 0.465. The Bertz CT molecular complexity index is 1460. The Morgan fingerprint density at radius 3 is 2.29 bits per heavy atom. The van der Waals surface area contributed by atoms with Gasteiger partial charge >= 0.3 is 0 Å². The highest BCUT2D eigenvalue weighted by atomic mass is 15.3. The van der Waals surface area contributed by atoms with Crippen LogP contribution in [0.5, 0.6) is 0 Å². The Kier molecular flexibility index (Phi) is 7.69. The van der Waals surface area contributed by atoms with Crippen LogP contribution in [0.4, 0.5) is 11.4 Å². The van der Waals surface area contributed by atoms with Crippen LogP contribution < -0.4 is 4.90 Å². The summed E-state index contributed by atoms with van der Waals surface area (Å²) in [4.78, 5) is 18.0. The molecule has 4 nitrogen and oxygen atoms in total. The molecule has 4 aromatic rings. The van der Waals surface area contributed by atoms with Gasteiger partial charge in [0.25, 0.3) is 0 Å². The second-order valence-electron chi connectivity index (χ2n) is 10.3. The predicted octanol–water partition coefficient (Wildman–Crippen LogP) is 8.18. The number of para-hydroxylation sites is 3. The number of fused-ring (bicyclic) bond motifs is 1. The summed E-state index contributed by atoms with van der Waals surface area (Å²) in [5, 5.41) is 1.12. The fourth-order valence-electron chi connectivity index (χ4n) is 5.28. The first kappa shape index (κ1) is 25.8. The molecule has 2 heterocycles. The number of hydrogen-bond acceptors (Lipinski definition) is 4. The second-order valence-corrected chi connectivity index (χ2v) is 10.3. The molecule has 2 atom stereocenters. The Morgan fingerprint density at radius 2 is 1.61 bits per heavy atom. The molecule has 3 aromatic carbocycles. The van der Waals surface area contributed by atoms with Crippen LogP contribution in [0.3, 0.4) is 0 Å². The van der Waals surface area contributed by atoms with Crippen molar-refractivity contribution in [3.05, 3.63) is 101 Å². The standard InChI is InChI=1S/C34H38N4/c1-6-23(4)31-22-38(28-17-10-9-11-18-28)34(37-31)29-19-13-16-27-20-21-30(36-33(27)29)24(5)35-32-25(7-2)14-12-15-26(32)8-3/h9-21,23,31H,6-8,22H2,1-5H3/b35-24+/t23-,31+/m0/s1. The number of aliphatic imine (C=N–C) groups is 2. The van der Waals surface area contributed by atoms with Crippen molar-refractivity contribution in [1.29, 1.82) is 0 Å². The van der Waals surface area contributed by atoms with E-state index >= 15 is 0 Å². The highest BCUT2D eigenvalue weighted by Crippen LogP contribution is 2.31. The van der Waals surface area contributed by atoms with Crippen LogP contribution in [0.15, 0.2) is 88.8 Å². The molecule has 0 spiro atoms. The molecule has 38 heavy (non-hydrogen) atoms. The molecule has 0 saturated heterocycles. The maximum absolute atomic E-state index is 5.30. The third-order valence-corrected chi connectivity index (χ3v) is 7.86. The molecule has 0 fully saturated rings. The Hall–Kier alpha value is -3.79. The molecule has 194 valence electrons. The minimum Gasteiger partial charge on any atom is -0.324 e. The summed E-state index contributed by atoms with van der Waals surface area (Å²) >= 11 is 0. The van der Waals surface area contributed by atoms with E-state index in [1.165, 1.54) is 16.8 Å². The van der Waals surface area contributed by atoms with E-state index in [-0.39, 0.29) is 6.04 Å². The van der Waals surface area contributed by atoms with Crippen molar-refractivity contribution in [1.82, 2.24) is 4.98 Å². The molecule has 4 heteroatoms. The molecule has 0 aliphatic carbocycles. The average Bonchev–Trinajstić information content (AvgIpc) is 3.42. The molecule has 0 bridgehead atoms. The number of aryl methyl sites for hydroxylation is 2. The largest absolute Gasteiger partial charge is 0.324 e. The Morgan fingerprint density at radius 1 is 0.895 bits per heavy atom. The van der Waals surface area contributed by atoms with Gasteiger partial charge in [0.05, 0.1) is 28.7 Å². The van der Waals surface area contributed by atoms with Gasteiger partial charge in [-0.15, -0.1) is 0 Å². The lowest BCUT2D eigenvalue weighted by atomic mass is 10.0. The zero-order valence-corrected chi connectivity index (χ0v) is 23.3. The summed E-state index contributed by atoms with van der Waals surface area (Å²) in [6.45, 7) is 11.9. The molecule has 0 amide bonds.